The van der Waals surface area contributed by atoms with E-state index in [1.165, 1.54) is 0 Å². The standard InChI is InChI=1S/C10H11N3O/c1-7(3-5-11)10(14)9-4-6-12-8(2)13-9/h4,6-7H,3H2,1-2H3. The highest BCUT2D eigenvalue weighted by Crippen LogP contribution is 2.09. The van der Waals surface area contributed by atoms with Crippen LogP contribution in [-0.4, -0.2) is 15.8 Å². The molecule has 72 valence electrons. The van der Waals surface area contributed by atoms with Gasteiger partial charge >= 0.3 is 0 Å². The molecule has 1 rings (SSSR count). The molecule has 0 saturated carbocycles. The Kier molecular flexibility index (Phi) is 3.29. The molecular formula is C10H11N3O. The number of hydrogen-bond acceptors (Lipinski definition) is 4. The van der Waals surface area contributed by atoms with Crippen molar-refractivity contribution in [1.29, 1.82) is 5.26 Å². The fourth-order valence-corrected chi connectivity index (χ4v) is 1.08. The summed E-state index contributed by atoms with van der Waals surface area (Å²) in [5.74, 6) is 0.173. The molecule has 0 bridgehead atoms. The average Bonchev–Trinajstić information content (AvgIpc) is 2.17. The Labute approximate surface area is 82.6 Å². The van der Waals surface area contributed by atoms with Crippen LogP contribution in [0.15, 0.2) is 12.3 Å². The number of nitriles is 1. The molecule has 0 fully saturated rings. The molecule has 1 aromatic rings. The van der Waals surface area contributed by atoms with Gasteiger partial charge in [0.1, 0.15) is 11.5 Å². The van der Waals surface area contributed by atoms with Crippen LogP contribution >= 0.6 is 0 Å². The van der Waals surface area contributed by atoms with Gasteiger partial charge in [0.05, 0.1) is 6.07 Å². The first-order valence-electron chi connectivity index (χ1n) is 4.36. The van der Waals surface area contributed by atoms with Crippen LogP contribution in [-0.2, 0) is 0 Å². The molecule has 0 amide bonds. The van der Waals surface area contributed by atoms with Crippen molar-refractivity contribution in [3.8, 4) is 6.07 Å². The maximum Gasteiger partial charge on any atom is 0.185 e. The van der Waals surface area contributed by atoms with Crippen LogP contribution in [0.2, 0.25) is 0 Å². The van der Waals surface area contributed by atoms with E-state index >= 15 is 0 Å². The lowest BCUT2D eigenvalue weighted by Gasteiger charge is -2.04. The van der Waals surface area contributed by atoms with Gasteiger partial charge in [0, 0.05) is 18.5 Å². The number of aryl methyl sites for hydroxylation is 1. The predicted molar refractivity (Wildman–Crippen MR) is 50.5 cm³/mol. The topological polar surface area (TPSA) is 66.6 Å². The van der Waals surface area contributed by atoms with Crippen molar-refractivity contribution in [3.63, 3.8) is 0 Å². The Morgan fingerprint density at radius 3 is 3.00 bits per heavy atom. The van der Waals surface area contributed by atoms with E-state index in [0.717, 1.165) is 0 Å². The van der Waals surface area contributed by atoms with Gasteiger partial charge < -0.3 is 0 Å². The smallest absolute Gasteiger partial charge is 0.185 e. The first kappa shape index (κ1) is 10.3. The summed E-state index contributed by atoms with van der Waals surface area (Å²) in [6.45, 7) is 3.45. The third-order valence-electron chi connectivity index (χ3n) is 1.87. The summed E-state index contributed by atoms with van der Waals surface area (Å²) in [5.41, 5.74) is 0.389. The van der Waals surface area contributed by atoms with Crippen LogP contribution in [0.1, 0.15) is 29.7 Å². The summed E-state index contributed by atoms with van der Waals surface area (Å²) in [5, 5.41) is 8.45. The molecule has 1 atom stereocenters. The minimum Gasteiger partial charge on any atom is -0.292 e. The number of hydrogen-bond donors (Lipinski definition) is 0. The summed E-state index contributed by atoms with van der Waals surface area (Å²) in [4.78, 5) is 19.6. The fraction of sp³-hybridized carbons (Fsp3) is 0.400. The van der Waals surface area contributed by atoms with Gasteiger partial charge in [-0.25, -0.2) is 9.97 Å². The van der Waals surface area contributed by atoms with Crippen LogP contribution in [0, 0.1) is 24.2 Å². The number of carbonyl (C=O) groups excluding carboxylic acids is 1. The molecule has 0 aliphatic carbocycles. The van der Waals surface area contributed by atoms with Crippen LogP contribution in [0.4, 0.5) is 0 Å². The maximum absolute atomic E-state index is 11.6. The van der Waals surface area contributed by atoms with Gasteiger partial charge in [-0.3, -0.25) is 4.79 Å². The number of aromatic nitrogens is 2. The van der Waals surface area contributed by atoms with Crippen LogP contribution < -0.4 is 0 Å². The Hall–Kier alpha value is -1.76. The molecule has 4 nitrogen and oxygen atoms in total. The number of ketones is 1. The highest BCUT2D eigenvalue weighted by atomic mass is 16.1. The zero-order valence-electron chi connectivity index (χ0n) is 8.19. The molecule has 0 N–H and O–H groups in total. The van der Waals surface area contributed by atoms with Crippen molar-refractivity contribution in [2.75, 3.05) is 0 Å². The Bertz CT molecular complexity index is 381. The van der Waals surface area contributed by atoms with E-state index in [0.29, 0.717) is 11.5 Å². The molecule has 0 aliphatic heterocycles. The average molecular weight is 189 g/mol. The van der Waals surface area contributed by atoms with Gasteiger partial charge in [-0.2, -0.15) is 5.26 Å². The Morgan fingerprint density at radius 2 is 2.43 bits per heavy atom. The third-order valence-corrected chi connectivity index (χ3v) is 1.87. The summed E-state index contributed by atoms with van der Waals surface area (Å²) < 4.78 is 0. The first-order chi connectivity index (χ1) is 6.65. The molecule has 0 saturated heterocycles. The summed E-state index contributed by atoms with van der Waals surface area (Å²) in [7, 11) is 0. The fourth-order valence-electron chi connectivity index (χ4n) is 1.08. The zero-order valence-corrected chi connectivity index (χ0v) is 8.19. The van der Waals surface area contributed by atoms with E-state index in [9.17, 15) is 4.79 Å². The molecular weight excluding hydrogens is 178 g/mol. The quantitative estimate of drug-likeness (QED) is 0.676. The minimum absolute atomic E-state index is 0.1000. The monoisotopic (exact) mass is 189 g/mol. The maximum atomic E-state index is 11.6. The molecule has 0 aromatic carbocycles. The van der Waals surface area contributed by atoms with E-state index in [4.69, 9.17) is 5.26 Å². The normalized spacial score (nSPS) is 11.8. The number of Topliss-reactive ketones (excluding diaryl/α,β-unsaturated/α-hetero) is 1. The minimum atomic E-state index is -0.297. The van der Waals surface area contributed by atoms with Gasteiger partial charge in [-0.05, 0) is 13.0 Å². The van der Waals surface area contributed by atoms with Crippen molar-refractivity contribution < 1.29 is 4.79 Å². The van der Waals surface area contributed by atoms with Crippen molar-refractivity contribution in [3.05, 3.63) is 23.8 Å². The molecule has 4 heteroatoms. The van der Waals surface area contributed by atoms with Crippen molar-refractivity contribution in [2.24, 2.45) is 5.92 Å². The zero-order chi connectivity index (χ0) is 10.6. The molecule has 14 heavy (non-hydrogen) atoms. The van der Waals surface area contributed by atoms with E-state index in [2.05, 4.69) is 9.97 Å². The predicted octanol–water partition coefficient (Wildman–Crippen LogP) is 1.52. The Morgan fingerprint density at radius 1 is 1.71 bits per heavy atom. The molecule has 1 aromatic heterocycles. The molecule has 0 aliphatic rings. The van der Waals surface area contributed by atoms with Crippen molar-refractivity contribution in [2.45, 2.75) is 20.3 Å². The molecule has 0 radical (unpaired) electrons. The third kappa shape index (κ3) is 2.36. The Balaban J connectivity index is 2.85. The molecule has 0 spiro atoms. The van der Waals surface area contributed by atoms with Crippen LogP contribution in [0.5, 0.6) is 0 Å². The molecule has 1 unspecified atom stereocenters. The van der Waals surface area contributed by atoms with E-state index in [1.807, 2.05) is 6.07 Å². The summed E-state index contributed by atoms with van der Waals surface area (Å²) in [6.07, 6.45) is 1.77. The summed E-state index contributed by atoms with van der Waals surface area (Å²) in [6, 6.07) is 3.54. The van der Waals surface area contributed by atoms with Crippen LogP contribution in [0.3, 0.4) is 0 Å². The van der Waals surface area contributed by atoms with Crippen molar-refractivity contribution >= 4 is 5.78 Å². The van der Waals surface area contributed by atoms with Gasteiger partial charge in [0.25, 0.3) is 0 Å². The largest absolute Gasteiger partial charge is 0.292 e. The van der Waals surface area contributed by atoms with Crippen molar-refractivity contribution in [1.82, 2.24) is 9.97 Å². The molecule has 1 heterocycles. The number of rotatable bonds is 3. The lowest BCUT2D eigenvalue weighted by atomic mass is 10.0. The number of carbonyl (C=O) groups is 1. The van der Waals surface area contributed by atoms with Crippen LogP contribution in [0.25, 0.3) is 0 Å². The SMILES string of the molecule is Cc1nccc(C(=O)C(C)CC#N)n1. The van der Waals surface area contributed by atoms with Gasteiger partial charge in [0.15, 0.2) is 5.78 Å². The second-order valence-electron chi connectivity index (χ2n) is 3.12. The second kappa shape index (κ2) is 4.47. The second-order valence-corrected chi connectivity index (χ2v) is 3.12. The van der Waals surface area contributed by atoms with E-state index in [-0.39, 0.29) is 18.1 Å². The number of nitrogens with zero attached hydrogens (tertiary/aromatic N) is 3. The first-order valence-corrected chi connectivity index (χ1v) is 4.36. The van der Waals surface area contributed by atoms with Gasteiger partial charge in [-0.15, -0.1) is 0 Å². The highest BCUT2D eigenvalue weighted by Gasteiger charge is 2.15. The van der Waals surface area contributed by atoms with Gasteiger partial charge in [0.2, 0.25) is 0 Å². The lowest BCUT2D eigenvalue weighted by molar-refractivity contribution is 0.0926. The highest BCUT2D eigenvalue weighted by molar-refractivity contribution is 5.95. The summed E-state index contributed by atoms with van der Waals surface area (Å²) >= 11 is 0. The van der Waals surface area contributed by atoms with Gasteiger partial charge in [-0.1, -0.05) is 6.92 Å². The van der Waals surface area contributed by atoms with E-state index < -0.39 is 0 Å². The van der Waals surface area contributed by atoms with E-state index in [1.54, 1.807) is 26.1 Å². The lowest BCUT2D eigenvalue weighted by Crippen LogP contribution is -2.13.